The summed E-state index contributed by atoms with van der Waals surface area (Å²) in [5, 5.41) is 5.22. The van der Waals surface area contributed by atoms with Gasteiger partial charge >= 0.3 is 6.03 Å². The second kappa shape index (κ2) is 9.82. The lowest BCUT2D eigenvalue weighted by Crippen LogP contribution is -2.38. The molecule has 4 amide bonds. The van der Waals surface area contributed by atoms with Crippen molar-refractivity contribution in [1.82, 2.24) is 10.2 Å². The van der Waals surface area contributed by atoms with E-state index in [1.807, 2.05) is 61.5 Å². The lowest BCUT2D eigenvalue weighted by Gasteiger charge is -2.12. The third-order valence-electron chi connectivity index (χ3n) is 5.04. The fourth-order valence-electron chi connectivity index (χ4n) is 3.43. The van der Waals surface area contributed by atoms with Crippen molar-refractivity contribution in [3.05, 3.63) is 90.1 Å². The minimum absolute atomic E-state index is 0.126. The maximum absolute atomic E-state index is 12.7. The van der Waals surface area contributed by atoms with Crippen LogP contribution in [0.5, 0.6) is 5.75 Å². The smallest absolute Gasteiger partial charge is 0.329 e. The lowest BCUT2D eigenvalue weighted by molar-refractivity contribution is -0.127. The minimum atomic E-state index is -0.631. The molecule has 0 atom stereocenters. The molecule has 0 bridgehead atoms. The number of anilines is 1. The van der Waals surface area contributed by atoms with Crippen molar-refractivity contribution in [1.29, 1.82) is 0 Å². The first-order valence-corrected chi connectivity index (χ1v) is 10.6. The van der Waals surface area contributed by atoms with E-state index in [0.717, 1.165) is 21.6 Å². The average Bonchev–Trinajstić information content (AvgIpc) is 3.09. The highest BCUT2D eigenvalue weighted by Crippen LogP contribution is 2.21. The summed E-state index contributed by atoms with van der Waals surface area (Å²) in [5.74, 6) is -0.332. The van der Waals surface area contributed by atoms with E-state index in [1.54, 1.807) is 30.3 Å². The summed E-state index contributed by atoms with van der Waals surface area (Å²) >= 11 is 0. The van der Waals surface area contributed by atoms with Gasteiger partial charge < -0.3 is 15.4 Å². The summed E-state index contributed by atoms with van der Waals surface area (Å²) in [5.41, 5.74) is 3.57. The van der Waals surface area contributed by atoms with Crippen LogP contribution in [0.15, 0.2) is 84.6 Å². The lowest BCUT2D eigenvalue weighted by atomic mass is 10.0. The molecule has 0 spiro atoms. The molecule has 7 nitrogen and oxygen atoms in total. The molecule has 4 rings (SSSR count). The summed E-state index contributed by atoms with van der Waals surface area (Å²) in [7, 11) is 0. The third-order valence-corrected chi connectivity index (χ3v) is 5.04. The van der Waals surface area contributed by atoms with Gasteiger partial charge in [0.2, 0.25) is 5.91 Å². The monoisotopic (exact) mass is 441 g/mol. The predicted octanol–water partition coefficient (Wildman–Crippen LogP) is 4.28. The Balaban J connectivity index is 1.39. The largest absolute Gasteiger partial charge is 0.494 e. The van der Waals surface area contributed by atoms with Crippen LogP contribution in [0, 0.1) is 0 Å². The van der Waals surface area contributed by atoms with Crippen LogP contribution in [-0.4, -0.2) is 35.9 Å². The van der Waals surface area contributed by atoms with Crippen molar-refractivity contribution in [2.45, 2.75) is 6.92 Å². The van der Waals surface area contributed by atoms with Crippen LogP contribution in [0.3, 0.4) is 0 Å². The summed E-state index contributed by atoms with van der Waals surface area (Å²) in [6, 6.07) is 23.8. The number of carbonyl (C=O) groups excluding carboxylic acids is 3. The van der Waals surface area contributed by atoms with Crippen molar-refractivity contribution in [3.63, 3.8) is 0 Å². The van der Waals surface area contributed by atoms with E-state index in [0.29, 0.717) is 18.0 Å². The van der Waals surface area contributed by atoms with E-state index in [4.69, 9.17) is 4.74 Å². The van der Waals surface area contributed by atoms with Crippen LogP contribution < -0.4 is 15.4 Å². The number of benzene rings is 3. The van der Waals surface area contributed by atoms with E-state index in [1.165, 1.54) is 0 Å². The van der Waals surface area contributed by atoms with Crippen molar-refractivity contribution >= 4 is 29.6 Å². The van der Waals surface area contributed by atoms with Crippen LogP contribution in [0.2, 0.25) is 0 Å². The number of nitrogens with zero attached hydrogens (tertiary/aromatic N) is 1. The van der Waals surface area contributed by atoms with Gasteiger partial charge in [0.15, 0.2) is 0 Å². The van der Waals surface area contributed by atoms with Gasteiger partial charge in [0, 0.05) is 5.69 Å². The van der Waals surface area contributed by atoms with Gasteiger partial charge in [-0.3, -0.25) is 9.59 Å². The first kappa shape index (κ1) is 21.8. The molecule has 1 saturated heterocycles. The molecule has 0 unspecified atom stereocenters. The molecule has 1 heterocycles. The second-order valence-electron chi connectivity index (χ2n) is 7.37. The second-order valence-corrected chi connectivity index (χ2v) is 7.37. The Kier molecular flexibility index (Phi) is 6.50. The molecule has 1 fully saturated rings. The van der Waals surface area contributed by atoms with Crippen molar-refractivity contribution in [3.8, 4) is 16.9 Å². The Bertz CT molecular complexity index is 1190. The molecular weight excluding hydrogens is 418 g/mol. The highest BCUT2D eigenvalue weighted by Gasteiger charge is 2.34. The normalized spacial score (nSPS) is 14.3. The van der Waals surface area contributed by atoms with Crippen LogP contribution in [0.1, 0.15) is 12.5 Å². The predicted molar refractivity (Wildman–Crippen MR) is 126 cm³/mol. The SMILES string of the molecule is CCOc1ccc(NC(=O)CN2C(=O)N/C(=C\c3ccc(-c4ccccc4)cc3)C2=O)cc1. The molecule has 1 aliphatic rings. The standard InChI is InChI=1S/C26H23N3O4/c1-2-33-22-14-12-21(13-15-22)27-24(30)17-29-25(31)23(28-26(29)32)16-18-8-10-20(11-9-18)19-6-4-3-5-7-19/h3-16H,2,17H2,1H3,(H,27,30)(H,28,32)/b23-16-. The van der Waals surface area contributed by atoms with E-state index < -0.39 is 17.8 Å². The van der Waals surface area contributed by atoms with Gasteiger partial charge in [-0.25, -0.2) is 9.69 Å². The zero-order chi connectivity index (χ0) is 23.2. The number of carbonyl (C=O) groups is 3. The Labute approximate surface area is 191 Å². The zero-order valence-electron chi connectivity index (χ0n) is 18.1. The fraction of sp³-hybridized carbons (Fsp3) is 0.115. The van der Waals surface area contributed by atoms with Gasteiger partial charge in [-0.2, -0.15) is 0 Å². The Morgan fingerprint density at radius 3 is 2.27 bits per heavy atom. The molecule has 3 aromatic carbocycles. The molecule has 0 aromatic heterocycles. The number of hydrogen-bond acceptors (Lipinski definition) is 4. The Hall–Kier alpha value is -4.39. The van der Waals surface area contributed by atoms with Gasteiger partial charge in [0.1, 0.15) is 18.0 Å². The molecule has 1 aliphatic heterocycles. The topological polar surface area (TPSA) is 87.7 Å². The third kappa shape index (κ3) is 5.27. The van der Waals surface area contributed by atoms with E-state index >= 15 is 0 Å². The van der Waals surface area contributed by atoms with Gasteiger partial charge in [-0.1, -0.05) is 54.6 Å². The zero-order valence-corrected chi connectivity index (χ0v) is 18.1. The quantitative estimate of drug-likeness (QED) is 0.423. The van der Waals surface area contributed by atoms with Crippen LogP contribution in [0.25, 0.3) is 17.2 Å². The first-order chi connectivity index (χ1) is 16.0. The molecule has 0 saturated carbocycles. The molecule has 0 radical (unpaired) electrons. The van der Waals surface area contributed by atoms with Crippen LogP contribution in [-0.2, 0) is 9.59 Å². The van der Waals surface area contributed by atoms with Gasteiger partial charge in [0.05, 0.1) is 6.61 Å². The maximum atomic E-state index is 12.7. The van der Waals surface area contributed by atoms with E-state index in [2.05, 4.69) is 10.6 Å². The minimum Gasteiger partial charge on any atom is -0.494 e. The Morgan fingerprint density at radius 2 is 1.61 bits per heavy atom. The van der Waals surface area contributed by atoms with Gasteiger partial charge in [-0.05, 0) is 54.0 Å². The Morgan fingerprint density at radius 1 is 0.939 bits per heavy atom. The molecule has 7 heteroatoms. The highest BCUT2D eigenvalue weighted by atomic mass is 16.5. The average molecular weight is 441 g/mol. The summed E-state index contributed by atoms with van der Waals surface area (Å²) in [6.45, 7) is 2.04. The van der Waals surface area contributed by atoms with Crippen molar-refractivity contribution in [2.75, 3.05) is 18.5 Å². The summed E-state index contributed by atoms with van der Waals surface area (Å²) in [4.78, 5) is 38.2. The number of urea groups is 1. The first-order valence-electron chi connectivity index (χ1n) is 10.6. The van der Waals surface area contributed by atoms with E-state index in [9.17, 15) is 14.4 Å². The number of rotatable bonds is 7. The van der Waals surface area contributed by atoms with Crippen LogP contribution >= 0.6 is 0 Å². The summed E-state index contributed by atoms with van der Waals surface area (Å²) < 4.78 is 5.37. The summed E-state index contributed by atoms with van der Waals surface area (Å²) in [6.07, 6.45) is 1.60. The van der Waals surface area contributed by atoms with Crippen LogP contribution in [0.4, 0.5) is 10.5 Å². The van der Waals surface area contributed by atoms with Gasteiger partial charge in [-0.15, -0.1) is 0 Å². The van der Waals surface area contributed by atoms with Crippen molar-refractivity contribution in [2.24, 2.45) is 0 Å². The molecule has 33 heavy (non-hydrogen) atoms. The maximum Gasteiger partial charge on any atom is 0.329 e. The van der Waals surface area contributed by atoms with Gasteiger partial charge in [0.25, 0.3) is 5.91 Å². The molecule has 3 aromatic rings. The van der Waals surface area contributed by atoms with E-state index in [-0.39, 0.29) is 12.2 Å². The molecular formula is C26H23N3O4. The number of nitrogens with one attached hydrogen (secondary N) is 2. The molecule has 2 N–H and O–H groups in total. The molecule has 166 valence electrons. The molecule has 0 aliphatic carbocycles. The number of ether oxygens (including phenoxy) is 1. The number of amides is 4. The van der Waals surface area contributed by atoms with Crippen molar-refractivity contribution < 1.29 is 19.1 Å². The highest BCUT2D eigenvalue weighted by molar-refractivity contribution is 6.15. The fourth-order valence-corrected chi connectivity index (χ4v) is 3.43. The number of imide groups is 1. The number of hydrogen-bond donors (Lipinski definition) is 2.